The number of carbonyl (C=O) groups excluding carboxylic acids is 1. The largest absolute Gasteiger partial charge is 0.497 e. The van der Waals surface area contributed by atoms with Crippen molar-refractivity contribution in [3.05, 3.63) is 65.0 Å². The van der Waals surface area contributed by atoms with Gasteiger partial charge in [-0.1, -0.05) is 0 Å². The van der Waals surface area contributed by atoms with Crippen molar-refractivity contribution in [2.45, 2.75) is 0 Å². The highest BCUT2D eigenvalue weighted by molar-refractivity contribution is 9.10. The van der Waals surface area contributed by atoms with Crippen LogP contribution in [0.1, 0.15) is 10.6 Å². The summed E-state index contributed by atoms with van der Waals surface area (Å²) in [7, 11) is 1.62. The number of fused-ring (bicyclic) bond motifs is 1. The van der Waals surface area contributed by atoms with Crippen molar-refractivity contribution < 1.29 is 13.9 Å². The lowest BCUT2D eigenvalue weighted by Gasteiger charge is -2.02. The van der Waals surface area contributed by atoms with Gasteiger partial charge < -0.3 is 14.5 Å². The Bertz CT molecular complexity index is 1090. The average molecular weight is 413 g/mol. The molecule has 0 aliphatic heterocycles. The summed E-state index contributed by atoms with van der Waals surface area (Å²) in [5.74, 6) is 0.650. The smallest absolute Gasteiger partial charge is 0.291 e. The zero-order valence-electron chi connectivity index (χ0n) is 13.6. The normalized spacial score (nSPS) is 10.8. The maximum atomic E-state index is 12.2. The van der Waals surface area contributed by atoms with E-state index in [9.17, 15) is 4.79 Å². The number of halogens is 1. The van der Waals surface area contributed by atoms with Crippen molar-refractivity contribution in [3.63, 3.8) is 0 Å². The Balaban J connectivity index is 1.60. The van der Waals surface area contributed by atoms with Crippen LogP contribution in [-0.4, -0.2) is 28.0 Å². The van der Waals surface area contributed by atoms with Crippen molar-refractivity contribution in [2.75, 3.05) is 12.4 Å². The lowest BCUT2D eigenvalue weighted by atomic mass is 10.2. The van der Waals surface area contributed by atoms with Gasteiger partial charge in [0.2, 0.25) is 0 Å². The van der Waals surface area contributed by atoms with Gasteiger partial charge in [0, 0.05) is 5.69 Å². The van der Waals surface area contributed by atoms with Gasteiger partial charge in [0.25, 0.3) is 5.91 Å². The van der Waals surface area contributed by atoms with E-state index in [1.807, 2.05) is 24.3 Å². The topological polar surface area (TPSA) is 82.2 Å². The highest BCUT2D eigenvalue weighted by atomic mass is 79.9. The molecule has 0 spiro atoms. The lowest BCUT2D eigenvalue weighted by Crippen LogP contribution is -2.10. The number of nitrogens with zero attached hydrogens (tertiary/aromatic N) is 3. The average Bonchev–Trinajstić information content (AvgIpc) is 3.27. The first-order valence-corrected chi connectivity index (χ1v) is 8.50. The van der Waals surface area contributed by atoms with Crippen LogP contribution in [0.4, 0.5) is 5.69 Å². The SMILES string of the molecule is COc1ccc(-n2nc3ccc(NC(=O)c4ccc(Br)o4)cc3n2)cc1. The van der Waals surface area contributed by atoms with E-state index in [2.05, 4.69) is 31.4 Å². The van der Waals surface area contributed by atoms with Gasteiger partial charge in [-0.2, -0.15) is 4.80 Å². The minimum Gasteiger partial charge on any atom is -0.497 e. The fourth-order valence-electron chi connectivity index (χ4n) is 2.45. The standard InChI is InChI=1S/C18H13BrN4O3/c1-25-13-5-3-12(4-6-13)23-21-14-7-2-11(10-15(14)22-23)20-18(24)16-8-9-17(19)26-16/h2-10H,1H3,(H,20,24). The summed E-state index contributed by atoms with van der Waals surface area (Å²) in [5, 5.41) is 11.7. The zero-order chi connectivity index (χ0) is 18.1. The number of nitrogens with one attached hydrogen (secondary N) is 1. The van der Waals surface area contributed by atoms with Gasteiger partial charge in [-0.3, -0.25) is 4.79 Å². The van der Waals surface area contributed by atoms with Gasteiger partial charge in [0.15, 0.2) is 10.4 Å². The highest BCUT2D eigenvalue weighted by Gasteiger charge is 2.12. The third-order valence-electron chi connectivity index (χ3n) is 3.74. The molecule has 0 radical (unpaired) electrons. The van der Waals surface area contributed by atoms with E-state index in [4.69, 9.17) is 9.15 Å². The van der Waals surface area contributed by atoms with Gasteiger partial charge in [-0.25, -0.2) is 0 Å². The summed E-state index contributed by atoms with van der Waals surface area (Å²) in [5.41, 5.74) is 2.81. The summed E-state index contributed by atoms with van der Waals surface area (Å²) in [6.45, 7) is 0. The molecule has 26 heavy (non-hydrogen) atoms. The molecular formula is C18H13BrN4O3. The number of amides is 1. The molecule has 0 saturated heterocycles. The number of carbonyl (C=O) groups is 1. The van der Waals surface area contributed by atoms with Crippen LogP contribution in [0.15, 0.2) is 63.7 Å². The molecule has 130 valence electrons. The number of aromatic nitrogens is 3. The second kappa shape index (κ2) is 6.64. The van der Waals surface area contributed by atoms with Crippen molar-refractivity contribution in [1.82, 2.24) is 15.0 Å². The highest BCUT2D eigenvalue weighted by Crippen LogP contribution is 2.20. The minimum atomic E-state index is -0.336. The van der Waals surface area contributed by atoms with Crippen LogP contribution in [-0.2, 0) is 0 Å². The van der Waals surface area contributed by atoms with Gasteiger partial charge in [0.05, 0.1) is 12.8 Å². The molecule has 2 aromatic heterocycles. The molecule has 4 rings (SSSR count). The van der Waals surface area contributed by atoms with E-state index in [-0.39, 0.29) is 11.7 Å². The Morgan fingerprint density at radius 1 is 1.08 bits per heavy atom. The molecule has 2 aromatic carbocycles. The van der Waals surface area contributed by atoms with Crippen LogP contribution in [0.5, 0.6) is 5.75 Å². The van der Waals surface area contributed by atoms with E-state index < -0.39 is 0 Å². The summed E-state index contributed by atoms with van der Waals surface area (Å²) in [6, 6.07) is 16.0. The number of benzene rings is 2. The Morgan fingerprint density at radius 2 is 1.85 bits per heavy atom. The molecule has 0 bridgehead atoms. The summed E-state index contributed by atoms with van der Waals surface area (Å²) >= 11 is 3.18. The summed E-state index contributed by atoms with van der Waals surface area (Å²) in [4.78, 5) is 13.7. The molecule has 0 unspecified atom stereocenters. The van der Waals surface area contributed by atoms with E-state index in [0.717, 1.165) is 17.0 Å². The van der Waals surface area contributed by atoms with Gasteiger partial charge in [-0.15, -0.1) is 10.2 Å². The molecule has 0 aliphatic rings. The Kier molecular flexibility index (Phi) is 4.18. The molecule has 4 aromatic rings. The van der Waals surface area contributed by atoms with Crippen LogP contribution in [0, 0.1) is 0 Å². The van der Waals surface area contributed by atoms with E-state index in [1.54, 1.807) is 42.2 Å². The molecule has 2 heterocycles. The van der Waals surface area contributed by atoms with Crippen molar-refractivity contribution >= 4 is 38.6 Å². The first kappa shape index (κ1) is 16.3. The van der Waals surface area contributed by atoms with Crippen molar-refractivity contribution in [1.29, 1.82) is 0 Å². The molecule has 0 fully saturated rings. The molecule has 0 atom stereocenters. The number of methoxy groups -OCH3 is 1. The quantitative estimate of drug-likeness (QED) is 0.546. The molecule has 0 saturated carbocycles. The third-order valence-corrected chi connectivity index (χ3v) is 4.16. The van der Waals surface area contributed by atoms with Crippen molar-refractivity contribution in [2.24, 2.45) is 0 Å². The van der Waals surface area contributed by atoms with E-state index in [0.29, 0.717) is 15.9 Å². The molecule has 7 nitrogen and oxygen atoms in total. The molecule has 1 N–H and O–H groups in total. The number of hydrogen-bond donors (Lipinski definition) is 1. The first-order chi connectivity index (χ1) is 12.6. The van der Waals surface area contributed by atoms with Gasteiger partial charge >= 0.3 is 0 Å². The first-order valence-electron chi connectivity index (χ1n) is 7.70. The van der Waals surface area contributed by atoms with E-state index in [1.165, 1.54) is 0 Å². The Morgan fingerprint density at radius 3 is 2.54 bits per heavy atom. The maximum absolute atomic E-state index is 12.2. The maximum Gasteiger partial charge on any atom is 0.291 e. The lowest BCUT2D eigenvalue weighted by molar-refractivity contribution is 0.0995. The van der Waals surface area contributed by atoms with Crippen LogP contribution in [0.2, 0.25) is 0 Å². The summed E-state index contributed by atoms with van der Waals surface area (Å²) in [6.07, 6.45) is 0. The van der Waals surface area contributed by atoms with Gasteiger partial charge in [0.1, 0.15) is 16.8 Å². The number of furan rings is 1. The molecule has 8 heteroatoms. The molecule has 0 aliphatic carbocycles. The Hall–Kier alpha value is -3.13. The fraction of sp³-hybridized carbons (Fsp3) is 0.0556. The van der Waals surface area contributed by atoms with Crippen LogP contribution >= 0.6 is 15.9 Å². The molecule has 1 amide bonds. The Labute approximate surface area is 156 Å². The van der Waals surface area contributed by atoms with Gasteiger partial charge in [-0.05, 0) is 70.5 Å². The second-order valence-corrected chi connectivity index (χ2v) is 6.23. The number of ether oxygens (including phenoxy) is 1. The van der Waals surface area contributed by atoms with E-state index >= 15 is 0 Å². The van der Waals surface area contributed by atoms with Crippen molar-refractivity contribution in [3.8, 4) is 11.4 Å². The summed E-state index contributed by atoms with van der Waals surface area (Å²) < 4.78 is 10.9. The second-order valence-electron chi connectivity index (χ2n) is 5.45. The minimum absolute atomic E-state index is 0.221. The predicted molar refractivity (Wildman–Crippen MR) is 99.8 cm³/mol. The zero-order valence-corrected chi connectivity index (χ0v) is 15.2. The molecular weight excluding hydrogens is 400 g/mol. The third kappa shape index (κ3) is 3.18. The van der Waals surface area contributed by atoms with Crippen LogP contribution < -0.4 is 10.1 Å². The van der Waals surface area contributed by atoms with Crippen LogP contribution in [0.25, 0.3) is 16.7 Å². The number of hydrogen-bond acceptors (Lipinski definition) is 5. The van der Waals surface area contributed by atoms with Crippen LogP contribution in [0.3, 0.4) is 0 Å². The fourth-order valence-corrected chi connectivity index (χ4v) is 2.76. The monoisotopic (exact) mass is 412 g/mol. The number of anilines is 1. The predicted octanol–water partition coefficient (Wildman–Crippen LogP) is 4.04. The number of rotatable bonds is 4.